The van der Waals surface area contributed by atoms with E-state index in [4.69, 9.17) is 0 Å². The monoisotopic (exact) mass is 322 g/mol. The van der Waals surface area contributed by atoms with Crippen molar-refractivity contribution in [1.29, 1.82) is 0 Å². The molecule has 0 fully saturated rings. The number of H-pyrrole nitrogens is 1. The van der Waals surface area contributed by atoms with Gasteiger partial charge >= 0.3 is 5.97 Å². The van der Waals surface area contributed by atoms with Gasteiger partial charge in [0.15, 0.2) is 5.65 Å². The summed E-state index contributed by atoms with van der Waals surface area (Å²) >= 11 is 1.64. The van der Waals surface area contributed by atoms with Gasteiger partial charge < -0.3 is 10.1 Å². The van der Waals surface area contributed by atoms with Gasteiger partial charge in [-0.15, -0.1) is 11.3 Å². The zero-order valence-corrected chi connectivity index (χ0v) is 12.5. The zero-order chi connectivity index (χ0) is 15.8. The van der Waals surface area contributed by atoms with Crippen LogP contribution in [-0.2, 0) is 0 Å². The van der Waals surface area contributed by atoms with E-state index in [1.165, 1.54) is 6.20 Å². The minimum atomic E-state index is -1.04. The normalized spacial score (nSPS) is 11.0. The van der Waals surface area contributed by atoms with Crippen molar-refractivity contribution in [3.05, 3.63) is 53.8 Å². The van der Waals surface area contributed by atoms with Crippen molar-refractivity contribution in [3.8, 4) is 21.8 Å². The maximum atomic E-state index is 11.2. The van der Waals surface area contributed by atoms with Gasteiger partial charge in [-0.1, -0.05) is 6.07 Å². The average Bonchev–Trinajstić information content (AvgIpc) is 3.24. The Morgan fingerprint density at radius 3 is 2.91 bits per heavy atom. The van der Waals surface area contributed by atoms with Crippen molar-refractivity contribution < 1.29 is 9.90 Å². The van der Waals surface area contributed by atoms with Gasteiger partial charge in [-0.2, -0.15) is 0 Å². The topological polar surface area (TPSA) is 91.8 Å². The summed E-state index contributed by atoms with van der Waals surface area (Å²) in [6.07, 6.45) is 4.70. The van der Waals surface area contributed by atoms with Crippen LogP contribution in [0.3, 0.4) is 0 Å². The lowest BCUT2D eigenvalue weighted by atomic mass is 10.1. The van der Waals surface area contributed by atoms with Crippen LogP contribution in [0.4, 0.5) is 0 Å². The lowest BCUT2D eigenvalue weighted by Crippen LogP contribution is -1.97. The molecule has 0 aliphatic rings. The van der Waals surface area contributed by atoms with Gasteiger partial charge in [-0.3, -0.25) is 4.98 Å². The number of rotatable bonds is 3. The molecule has 4 heterocycles. The van der Waals surface area contributed by atoms with Gasteiger partial charge in [0.05, 0.1) is 11.9 Å². The molecule has 0 saturated heterocycles. The first-order valence-corrected chi connectivity index (χ1v) is 7.68. The second kappa shape index (κ2) is 5.29. The maximum Gasteiger partial charge on any atom is 0.339 e. The predicted molar refractivity (Wildman–Crippen MR) is 87.4 cm³/mol. The van der Waals surface area contributed by atoms with E-state index in [9.17, 15) is 9.90 Å². The fraction of sp³-hybridized carbons (Fsp3) is 0. The fourth-order valence-corrected chi connectivity index (χ4v) is 3.07. The molecule has 0 unspecified atom stereocenters. The predicted octanol–water partition coefficient (Wildman–Crippen LogP) is 3.45. The Kier molecular flexibility index (Phi) is 3.13. The van der Waals surface area contributed by atoms with Gasteiger partial charge in [-0.05, 0) is 29.1 Å². The summed E-state index contributed by atoms with van der Waals surface area (Å²) in [6.45, 7) is 0. The molecule has 112 valence electrons. The zero-order valence-electron chi connectivity index (χ0n) is 11.7. The summed E-state index contributed by atoms with van der Waals surface area (Å²) in [5, 5.41) is 11.2. The average molecular weight is 322 g/mol. The van der Waals surface area contributed by atoms with Crippen molar-refractivity contribution in [2.45, 2.75) is 0 Å². The van der Waals surface area contributed by atoms with Gasteiger partial charge in [0.25, 0.3) is 0 Å². The first-order chi connectivity index (χ1) is 11.2. The van der Waals surface area contributed by atoms with E-state index < -0.39 is 5.97 Å². The molecule has 0 aromatic carbocycles. The molecule has 0 radical (unpaired) electrons. The largest absolute Gasteiger partial charge is 0.478 e. The van der Waals surface area contributed by atoms with E-state index in [-0.39, 0.29) is 5.56 Å². The van der Waals surface area contributed by atoms with Crippen LogP contribution in [0.25, 0.3) is 33.0 Å². The highest BCUT2D eigenvalue weighted by Crippen LogP contribution is 2.27. The van der Waals surface area contributed by atoms with Crippen molar-refractivity contribution in [2.75, 3.05) is 0 Å². The minimum Gasteiger partial charge on any atom is -0.478 e. The van der Waals surface area contributed by atoms with E-state index in [2.05, 4.69) is 19.9 Å². The van der Waals surface area contributed by atoms with Crippen molar-refractivity contribution in [3.63, 3.8) is 0 Å². The molecule has 0 amide bonds. The molecule has 0 bridgehead atoms. The highest BCUT2D eigenvalue weighted by atomic mass is 32.1. The molecule has 4 aromatic heterocycles. The molecule has 23 heavy (non-hydrogen) atoms. The molecule has 0 atom stereocenters. The van der Waals surface area contributed by atoms with E-state index in [1.54, 1.807) is 23.7 Å². The molecule has 4 aromatic rings. The van der Waals surface area contributed by atoms with E-state index in [0.717, 1.165) is 10.4 Å². The fourth-order valence-electron chi connectivity index (χ4n) is 2.34. The van der Waals surface area contributed by atoms with Gasteiger partial charge in [0, 0.05) is 17.3 Å². The number of fused-ring (bicyclic) bond motifs is 1. The summed E-state index contributed by atoms with van der Waals surface area (Å²) in [4.78, 5) is 28.2. The molecule has 0 spiro atoms. The Hall–Kier alpha value is -3.06. The van der Waals surface area contributed by atoms with Crippen LogP contribution in [0, 0.1) is 0 Å². The Labute approximate surface area is 134 Å². The third-order valence-electron chi connectivity index (χ3n) is 3.44. The van der Waals surface area contributed by atoms with Crippen molar-refractivity contribution in [2.24, 2.45) is 0 Å². The quantitative estimate of drug-likeness (QED) is 0.603. The van der Waals surface area contributed by atoms with Crippen LogP contribution >= 0.6 is 11.3 Å². The standard InChI is InChI=1S/C16H10N4O2S/c21-16(22)10-7-18-15-14(10)20-12(8-19-15)11-6-9(3-4-17-11)13-2-1-5-23-13/h1-8H,(H,18,19)(H,21,22). The molecular weight excluding hydrogens is 312 g/mol. The van der Waals surface area contributed by atoms with Crippen LogP contribution in [0.15, 0.2) is 48.2 Å². The number of pyridine rings is 1. The van der Waals surface area contributed by atoms with Gasteiger partial charge in [-0.25, -0.2) is 14.8 Å². The number of hydrogen-bond acceptors (Lipinski definition) is 5. The Morgan fingerprint density at radius 1 is 1.22 bits per heavy atom. The summed E-state index contributed by atoms with van der Waals surface area (Å²) in [7, 11) is 0. The Balaban J connectivity index is 1.84. The lowest BCUT2D eigenvalue weighted by Gasteiger charge is -2.03. The number of nitrogens with one attached hydrogen (secondary N) is 1. The number of carboxylic acids is 1. The smallest absolute Gasteiger partial charge is 0.339 e. The summed E-state index contributed by atoms with van der Waals surface area (Å²) < 4.78 is 0. The van der Waals surface area contributed by atoms with Crippen LogP contribution in [-0.4, -0.2) is 31.0 Å². The summed E-state index contributed by atoms with van der Waals surface area (Å²) in [5.74, 6) is -1.04. The molecule has 6 nitrogen and oxygen atoms in total. The number of hydrogen-bond donors (Lipinski definition) is 2. The van der Waals surface area contributed by atoms with Crippen LogP contribution in [0.5, 0.6) is 0 Å². The second-order valence-corrected chi connectivity index (χ2v) is 5.81. The van der Waals surface area contributed by atoms with Gasteiger partial charge in [0.2, 0.25) is 0 Å². The SMILES string of the molecule is O=C(O)c1c[nH]c2ncc(-c3cc(-c4cccs4)ccn3)nc12. The van der Waals surface area contributed by atoms with E-state index in [1.807, 2.05) is 29.6 Å². The Bertz CT molecular complexity index is 1010. The van der Waals surface area contributed by atoms with E-state index >= 15 is 0 Å². The first kappa shape index (κ1) is 13.6. The number of aromatic nitrogens is 4. The van der Waals surface area contributed by atoms with Gasteiger partial charge in [0.1, 0.15) is 16.8 Å². The van der Waals surface area contributed by atoms with Crippen molar-refractivity contribution >= 4 is 28.5 Å². The third-order valence-corrected chi connectivity index (χ3v) is 4.36. The Morgan fingerprint density at radius 2 is 2.13 bits per heavy atom. The first-order valence-electron chi connectivity index (χ1n) is 6.80. The van der Waals surface area contributed by atoms with Crippen LogP contribution in [0.1, 0.15) is 10.4 Å². The highest BCUT2D eigenvalue weighted by molar-refractivity contribution is 7.13. The maximum absolute atomic E-state index is 11.2. The number of aromatic amines is 1. The number of carbonyl (C=O) groups is 1. The van der Waals surface area contributed by atoms with Crippen LogP contribution in [0.2, 0.25) is 0 Å². The summed E-state index contributed by atoms with van der Waals surface area (Å²) in [5.41, 5.74) is 3.11. The minimum absolute atomic E-state index is 0.101. The highest BCUT2D eigenvalue weighted by Gasteiger charge is 2.14. The molecule has 0 saturated carbocycles. The van der Waals surface area contributed by atoms with E-state index in [0.29, 0.717) is 22.6 Å². The molecule has 4 rings (SSSR count). The third kappa shape index (κ3) is 2.36. The summed E-state index contributed by atoms with van der Waals surface area (Å²) in [6, 6.07) is 7.88. The molecule has 2 N–H and O–H groups in total. The number of carboxylic acid groups (broad SMARTS) is 1. The lowest BCUT2D eigenvalue weighted by molar-refractivity contribution is 0.0699. The second-order valence-electron chi connectivity index (χ2n) is 4.87. The molecule has 7 heteroatoms. The molecular formula is C16H10N4O2S. The number of thiophene rings is 1. The molecule has 0 aliphatic carbocycles. The number of aromatic carboxylic acids is 1. The molecule has 0 aliphatic heterocycles. The van der Waals surface area contributed by atoms with Crippen LogP contribution < -0.4 is 0 Å². The van der Waals surface area contributed by atoms with Crippen molar-refractivity contribution in [1.82, 2.24) is 19.9 Å². The number of nitrogens with zero attached hydrogens (tertiary/aromatic N) is 3.